The Morgan fingerprint density at radius 1 is 1.09 bits per heavy atom. The number of aromatic nitrogens is 8. The number of rotatable bonds is 6. The largest absolute Gasteiger partial charge is 0.289 e. The van der Waals surface area contributed by atoms with Gasteiger partial charge in [0.1, 0.15) is 11.9 Å². The summed E-state index contributed by atoms with van der Waals surface area (Å²) in [5.74, 6) is -0.280. The van der Waals surface area contributed by atoms with Crippen LogP contribution in [-0.2, 0) is 13.1 Å². The Hall–Kier alpha value is -3.76. The van der Waals surface area contributed by atoms with Crippen LogP contribution in [0.15, 0.2) is 49.2 Å². The Kier molecular flexibility index (Phi) is 5.76. The highest BCUT2D eigenvalue weighted by molar-refractivity contribution is 6.36. The number of halogens is 2. The maximum absolute atomic E-state index is 13.0. The summed E-state index contributed by atoms with van der Waals surface area (Å²) in [7, 11) is 0. The van der Waals surface area contributed by atoms with Crippen LogP contribution < -0.4 is 5.32 Å². The minimum Gasteiger partial charge on any atom is -0.289 e. The number of aryl methyl sites for hydroxylation is 2. The zero-order chi connectivity index (χ0) is 23.8. The fourth-order valence-corrected chi connectivity index (χ4v) is 4.15. The van der Waals surface area contributed by atoms with Crippen molar-refractivity contribution in [2.75, 3.05) is 5.32 Å². The fraction of sp³-hybridized carbons (Fsp3) is 0.182. The van der Waals surface area contributed by atoms with Crippen LogP contribution >= 0.6 is 23.2 Å². The van der Waals surface area contributed by atoms with Gasteiger partial charge in [0.05, 0.1) is 24.1 Å². The van der Waals surface area contributed by atoms with Crippen molar-refractivity contribution in [1.82, 2.24) is 39.1 Å². The monoisotopic (exact) mass is 495 g/mol. The molecule has 34 heavy (non-hydrogen) atoms. The topological polar surface area (TPSA) is 108 Å². The zero-order valence-corrected chi connectivity index (χ0v) is 19.8. The highest BCUT2D eigenvalue weighted by Gasteiger charge is 2.19. The molecule has 0 aliphatic carbocycles. The minimum atomic E-state index is -0.422. The standard InChI is InChI=1S/C22H19Cl2N9O/c1-3-31-10-15(13(2)29-31)19-7-8-25-20-14(9-27-33(19)20)21(34)28-22-26-12-32(30-22)11-16-17(23)5-4-6-18(16)24/h4-10,12H,3,11H2,1-2H3,(H,28,30,34). The van der Waals surface area contributed by atoms with Gasteiger partial charge in [-0.15, -0.1) is 5.10 Å². The van der Waals surface area contributed by atoms with Crippen molar-refractivity contribution >= 4 is 40.7 Å². The predicted octanol–water partition coefficient (Wildman–Crippen LogP) is 4.12. The van der Waals surface area contributed by atoms with Crippen LogP contribution in [0.1, 0.15) is 28.5 Å². The first-order valence-electron chi connectivity index (χ1n) is 10.5. The lowest BCUT2D eigenvalue weighted by molar-refractivity contribution is 0.102. The van der Waals surface area contributed by atoms with Gasteiger partial charge in [-0.2, -0.15) is 10.2 Å². The van der Waals surface area contributed by atoms with Gasteiger partial charge in [-0.3, -0.25) is 14.8 Å². The van der Waals surface area contributed by atoms with Crippen LogP contribution in [0.5, 0.6) is 0 Å². The van der Waals surface area contributed by atoms with Gasteiger partial charge in [-0.25, -0.2) is 19.2 Å². The molecule has 0 saturated heterocycles. The molecule has 0 aliphatic rings. The summed E-state index contributed by atoms with van der Waals surface area (Å²) in [4.78, 5) is 21.5. The molecule has 0 unspecified atom stereocenters. The molecule has 0 aliphatic heterocycles. The van der Waals surface area contributed by atoms with E-state index in [4.69, 9.17) is 23.2 Å². The predicted molar refractivity (Wildman–Crippen MR) is 128 cm³/mol. The lowest BCUT2D eigenvalue weighted by Crippen LogP contribution is -2.14. The van der Waals surface area contributed by atoms with E-state index in [0.717, 1.165) is 29.1 Å². The summed E-state index contributed by atoms with van der Waals surface area (Å²) in [5, 5.41) is 16.9. The third-order valence-corrected chi connectivity index (χ3v) is 6.04. The molecule has 0 bridgehead atoms. The molecule has 1 amide bonds. The van der Waals surface area contributed by atoms with E-state index in [9.17, 15) is 4.79 Å². The molecule has 5 rings (SSSR count). The van der Waals surface area contributed by atoms with E-state index in [1.807, 2.05) is 30.8 Å². The Morgan fingerprint density at radius 3 is 2.62 bits per heavy atom. The highest BCUT2D eigenvalue weighted by atomic mass is 35.5. The van der Waals surface area contributed by atoms with Crippen LogP contribution in [-0.4, -0.2) is 45.1 Å². The van der Waals surface area contributed by atoms with Crippen LogP contribution in [0.25, 0.3) is 16.9 Å². The number of benzene rings is 1. The number of nitrogens with zero attached hydrogens (tertiary/aromatic N) is 8. The van der Waals surface area contributed by atoms with Crippen molar-refractivity contribution in [3.8, 4) is 11.3 Å². The second kappa shape index (κ2) is 8.88. The van der Waals surface area contributed by atoms with Crippen LogP contribution in [0.4, 0.5) is 5.95 Å². The van der Waals surface area contributed by atoms with Crippen LogP contribution in [0, 0.1) is 6.92 Å². The molecule has 172 valence electrons. The van der Waals surface area contributed by atoms with Gasteiger partial charge in [0.15, 0.2) is 5.65 Å². The molecule has 10 nitrogen and oxygen atoms in total. The molecule has 0 atom stereocenters. The third-order valence-electron chi connectivity index (χ3n) is 5.34. The van der Waals surface area contributed by atoms with E-state index < -0.39 is 5.91 Å². The van der Waals surface area contributed by atoms with Gasteiger partial charge in [0.25, 0.3) is 5.91 Å². The lowest BCUT2D eigenvalue weighted by Gasteiger charge is -2.06. The normalized spacial score (nSPS) is 11.3. The zero-order valence-electron chi connectivity index (χ0n) is 18.3. The smallest absolute Gasteiger partial charge is 0.263 e. The molecular formula is C22H19Cl2N9O. The number of hydrogen-bond acceptors (Lipinski definition) is 6. The first kappa shape index (κ1) is 22.1. The summed E-state index contributed by atoms with van der Waals surface area (Å²) in [6.07, 6.45) is 6.57. The van der Waals surface area contributed by atoms with Gasteiger partial charge in [-0.05, 0) is 32.0 Å². The molecule has 4 heterocycles. The van der Waals surface area contributed by atoms with E-state index in [1.165, 1.54) is 12.5 Å². The van der Waals surface area contributed by atoms with Gasteiger partial charge >= 0.3 is 0 Å². The van der Waals surface area contributed by atoms with Crippen LogP contribution in [0.2, 0.25) is 10.0 Å². The van der Waals surface area contributed by atoms with Crippen molar-refractivity contribution in [2.24, 2.45) is 0 Å². The molecule has 1 N–H and O–H groups in total. The Balaban J connectivity index is 1.39. The van der Waals surface area contributed by atoms with Gasteiger partial charge in [-0.1, -0.05) is 29.3 Å². The van der Waals surface area contributed by atoms with Gasteiger partial charge < -0.3 is 0 Å². The van der Waals surface area contributed by atoms with Crippen molar-refractivity contribution in [3.05, 3.63) is 76.0 Å². The maximum Gasteiger partial charge on any atom is 0.263 e. The highest BCUT2D eigenvalue weighted by Crippen LogP contribution is 2.26. The summed E-state index contributed by atoms with van der Waals surface area (Å²) >= 11 is 12.5. The Morgan fingerprint density at radius 2 is 1.88 bits per heavy atom. The van der Waals surface area contributed by atoms with Crippen molar-refractivity contribution in [1.29, 1.82) is 0 Å². The third kappa shape index (κ3) is 4.02. The van der Waals surface area contributed by atoms with Crippen LogP contribution in [0.3, 0.4) is 0 Å². The number of carbonyl (C=O) groups is 1. The molecule has 1 aromatic carbocycles. The number of hydrogen-bond donors (Lipinski definition) is 1. The number of nitrogens with one attached hydrogen (secondary N) is 1. The molecule has 12 heteroatoms. The maximum atomic E-state index is 13.0. The van der Waals surface area contributed by atoms with Crippen molar-refractivity contribution in [3.63, 3.8) is 0 Å². The van der Waals surface area contributed by atoms with E-state index in [-0.39, 0.29) is 5.95 Å². The molecule has 0 radical (unpaired) electrons. The van der Waals surface area contributed by atoms with E-state index in [1.54, 1.807) is 33.6 Å². The fourth-order valence-electron chi connectivity index (χ4n) is 3.63. The molecule has 4 aromatic heterocycles. The summed E-state index contributed by atoms with van der Waals surface area (Å²) < 4.78 is 5.03. The summed E-state index contributed by atoms with van der Waals surface area (Å²) in [6.45, 7) is 5.02. The first-order chi connectivity index (χ1) is 16.4. The number of carbonyl (C=O) groups excluding carboxylic acids is 1. The lowest BCUT2D eigenvalue weighted by atomic mass is 10.2. The average molecular weight is 496 g/mol. The van der Waals surface area contributed by atoms with E-state index in [0.29, 0.717) is 27.8 Å². The first-order valence-corrected chi connectivity index (χ1v) is 11.2. The molecule has 0 spiro atoms. The number of amides is 1. The number of fused-ring (bicyclic) bond motifs is 1. The quantitative estimate of drug-likeness (QED) is 0.379. The van der Waals surface area contributed by atoms with Crippen molar-refractivity contribution in [2.45, 2.75) is 26.9 Å². The Labute approximate surface area is 204 Å². The average Bonchev–Trinajstić information content (AvgIpc) is 3.54. The van der Waals surface area contributed by atoms with E-state index >= 15 is 0 Å². The molecule has 5 aromatic rings. The number of anilines is 1. The Bertz CT molecular complexity index is 1500. The molecule has 0 fully saturated rings. The molecule has 0 saturated carbocycles. The second-order valence-electron chi connectivity index (χ2n) is 7.53. The molecular weight excluding hydrogens is 477 g/mol. The van der Waals surface area contributed by atoms with E-state index in [2.05, 4.69) is 30.6 Å². The SMILES string of the molecule is CCn1cc(-c2ccnc3c(C(=O)Nc4ncn(Cc5c(Cl)cccc5Cl)n4)cnn23)c(C)n1. The minimum absolute atomic E-state index is 0.142. The van der Waals surface area contributed by atoms with Gasteiger partial charge in [0, 0.05) is 40.1 Å². The second-order valence-corrected chi connectivity index (χ2v) is 8.34. The van der Waals surface area contributed by atoms with Gasteiger partial charge in [0.2, 0.25) is 5.95 Å². The van der Waals surface area contributed by atoms with Crippen molar-refractivity contribution < 1.29 is 4.79 Å². The summed E-state index contributed by atoms with van der Waals surface area (Å²) in [6, 6.07) is 7.12. The summed E-state index contributed by atoms with van der Waals surface area (Å²) in [5.41, 5.74) is 4.01.